The highest BCUT2D eigenvalue weighted by atomic mass is 16.5. The summed E-state index contributed by atoms with van der Waals surface area (Å²) in [5, 5.41) is 9.15. The Kier molecular flexibility index (Phi) is 4.57. The van der Waals surface area contributed by atoms with Crippen LogP contribution >= 0.6 is 0 Å². The van der Waals surface area contributed by atoms with Gasteiger partial charge in [0.05, 0.1) is 12.7 Å². The molecule has 0 radical (unpaired) electrons. The first kappa shape index (κ1) is 14.6. The van der Waals surface area contributed by atoms with E-state index in [4.69, 9.17) is 14.7 Å². The van der Waals surface area contributed by atoms with Gasteiger partial charge in [0.15, 0.2) is 11.5 Å². The van der Waals surface area contributed by atoms with E-state index in [9.17, 15) is 4.79 Å². The molecule has 0 aliphatic heterocycles. The van der Waals surface area contributed by atoms with E-state index in [2.05, 4.69) is 6.92 Å². The second kappa shape index (κ2) is 6.58. The number of ether oxygens (including phenoxy) is 2. The fourth-order valence-electron chi connectivity index (χ4n) is 1.93. The number of methoxy groups -OCH3 is 1. The molecule has 0 spiro atoms. The van der Waals surface area contributed by atoms with E-state index >= 15 is 0 Å². The number of aldehydes is 1. The van der Waals surface area contributed by atoms with Crippen LogP contribution in [0.2, 0.25) is 0 Å². The summed E-state index contributed by atoms with van der Waals surface area (Å²) in [6.07, 6.45) is 1.59. The number of rotatable bonds is 5. The first-order chi connectivity index (χ1) is 10.2. The van der Waals surface area contributed by atoms with Crippen molar-refractivity contribution in [3.05, 3.63) is 53.1 Å². The minimum Gasteiger partial charge on any atom is -0.493 e. The predicted molar refractivity (Wildman–Crippen MR) is 79.0 cm³/mol. The predicted octanol–water partition coefficient (Wildman–Crippen LogP) is 3.73. The Hall–Kier alpha value is -2.80. The first-order valence-corrected chi connectivity index (χ1v) is 6.56. The molecule has 0 aliphatic carbocycles. The lowest BCUT2D eigenvalue weighted by Gasteiger charge is -2.12. The molecular weight excluding hydrogens is 266 g/mol. The van der Waals surface area contributed by atoms with E-state index in [-0.39, 0.29) is 0 Å². The molecule has 0 aromatic heterocycles. The van der Waals surface area contributed by atoms with Crippen LogP contribution in [0.3, 0.4) is 0 Å². The zero-order valence-corrected chi connectivity index (χ0v) is 11.9. The molecule has 0 heterocycles. The number of carbonyl (C=O) groups is 1. The third-order valence-corrected chi connectivity index (χ3v) is 3.12. The van der Waals surface area contributed by atoms with Crippen LogP contribution in [0.15, 0.2) is 36.4 Å². The number of hydrogen-bond donors (Lipinski definition) is 0. The van der Waals surface area contributed by atoms with Gasteiger partial charge in [0, 0.05) is 5.56 Å². The average Bonchev–Trinajstić information content (AvgIpc) is 2.55. The highest BCUT2D eigenvalue weighted by Gasteiger charge is 2.10. The number of hydrogen-bond acceptors (Lipinski definition) is 4. The van der Waals surface area contributed by atoms with Gasteiger partial charge in [-0.05, 0) is 42.3 Å². The summed E-state index contributed by atoms with van der Waals surface area (Å²) in [4.78, 5) is 10.7. The number of nitrogens with zero attached hydrogens (tertiary/aromatic N) is 1. The molecule has 0 saturated carbocycles. The van der Waals surface area contributed by atoms with Gasteiger partial charge in [0.25, 0.3) is 0 Å². The van der Waals surface area contributed by atoms with Crippen molar-refractivity contribution in [2.24, 2.45) is 0 Å². The lowest BCUT2D eigenvalue weighted by atomic mass is 10.1. The quantitative estimate of drug-likeness (QED) is 0.783. The molecule has 0 atom stereocenters. The number of benzene rings is 2. The summed E-state index contributed by atoms with van der Waals surface area (Å²) in [5.74, 6) is 1.54. The zero-order valence-electron chi connectivity index (χ0n) is 11.9. The third-order valence-electron chi connectivity index (χ3n) is 3.12. The molecular formula is C17H15NO3. The van der Waals surface area contributed by atoms with E-state index in [1.165, 1.54) is 6.07 Å². The van der Waals surface area contributed by atoms with Crippen LogP contribution < -0.4 is 9.47 Å². The minimum absolute atomic E-state index is 0.307. The number of nitriles is 1. The molecule has 0 saturated heterocycles. The largest absolute Gasteiger partial charge is 0.493 e. The molecule has 0 N–H and O–H groups in total. The first-order valence-electron chi connectivity index (χ1n) is 6.56. The van der Waals surface area contributed by atoms with Gasteiger partial charge in [-0.1, -0.05) is 13.0 Å². The summed E-state index contributed by atoms with van der Waals surface area (Å²) >= 11 is 0. The molecule has 0 unspecified atom stereocenters. The molecule has 2 aromatic rings. The van der Waals surface area contributed by atoms with Gasteiger partial charge in [-0.25, -0.2) is 0 Å². The van der Waals surface area contributed by atoms with Crippen molar-refractivity contribution in [3.8, 4) is 23.3 Å². The summed E-state index contributed by atoms with van der Waals surface area (Å²) in [5.41, 5.74) is 1.88. The van der Waals surface area contributed by atoms with Crippen LogP contribution in [-0.2, 0) is 6.42 Å². The zero-order chi connectivity index (χ0) is 15.2. The van der Waals surface area contributed by atoms with Crippen LogP contribution in [0.5, 0.6) is 17.2 Å². The fraction of sp³-hybridized carbons (Fsp3) is 0.176. The van der Waals surface area contributed by atoms with Crippen LogP contribution in [0, 0.1) is 11.3 Å². The van der Waals surface area contributed by atoms with Crippen LogP contribution in [0.4, 0.5) is 0 Å². The molecule has 2 rings (SSSR count). The SMILES string of the molecule is CCc1ccc(Oc2ccc(C=O)cc2C#N)c(OC)c1. The van der Waals surface area contributed by atoms with E-state index in [1.54, 1.807) is 19.2 Å². The maximum absolute atomic E-state index is 10.7. The van der Waals surface area contributed by atoms with Gasteiger partial charge in [0.1, 0.15) is 18.1 Å². The summed E-state index contributed by atoms with van der Waals surface area (Å²) in [6.45, 7) is 2.06. The lowest BCUT2D eigenvalue weighted by molar-refractivity contribution is 0.112. The molecule has 0 aliphatic rings. The van der Waals surface area contributed by atoms with Gasteiger partial charge in [-0.15, -0.1) is 0 Å². The summed E-state index contributed by atoms with van der Waals surface area (Å²) in [6, 6.07) is 12.4. The molecule has 0 bridgehead atoms. The molecule has 106 valence electrons. The van der Waals surface area contributed by atoms with Crippen molar-refractivity contribution >= 4 is 6.29 Å². The topological polar surface area (TPSA) is 59.3 Å². The Labute approximate surface area is 123 Å². The Morgan fingerprint density at radius 2 is 1.90 bits per heavy atom. The van der Waals surface area contributed by atoms with Gasteiger partial charge >= 0.3 is 0 Å². The van der Waals surface area contributed by atoms with E-state index in [0.29, 0.717) is 34.7 Å². The van der Waals surface area contributed by atoms with Crippen molar-refractivity contribution in [2.75, 3.05) is 7.11 Å². The Morgan fingerprint density at radius 3 is 2.52 bits per heavy atom. The van der Waals surface area contributed by atoms with Crippen LogP contribution in [0.1, 0.15) is 28.4 Å². The Balaban J connectivity index is 2.38. The normalized spacial score (nSPS) is 9.76. The molecule has 0 amide bonds. The van der Waals surface area contributed by atoms with Crippen LogP contribution in [-0.4, -0.2) is 13.4 Å². The average molecular weight is 281 g/mol. The molecule has 0 fully saturated rings. The molecule has 4 heteroatoms. The maximum atomic E-state index is 10.7. The van der Waals surface area contributed by atoms with E-state index in [1.807, 2.05) is 24.3 Å². The monoisotopic (exact) mass is 281 g/mol. The lowest BCUT2D eigenvalue weighted by Crippen LogP contribution is -1.94. The summed E-state index contributed by atoms with van der Waals surface area (Å²) < 4.78 is 11.1. The number of carbonyl (C=O) groups excluding carboxylic acids is 1. The highest BCUT2D eigenvalue weighted by molar-refractivity contribution is 5.76. The highest BCUT2D eigenvalue weighted by Crippen LogP contribution is 2.34. The smallest absolute Gasteiger partial charge is 0.169 e. The molecule has 21 heavy (non-hydrogen) atoms. The molecule has 4 nitrogen and oxygen atoms in total. The van der Waals surface area contributed by atoms with Gasteiger partial charge in [-0.2, -0.15) is 5.26 Å². The Bertz CT molecular complexity index is 702. The van der Waals surface area contributed by atoms with E-state index < -0.39 is 0 Å². The van der Waals surface area contributed by atoms with Crippen molar-refractivity contribution in [2.45, 2.75) is 13.3 Å². The third kappa shape index (κ3) is 3.21. The number of aryl methyl sites for hydroxylation is 1. The second-order valence-corrected chi connectivity index (χ2v) is 4.43. The van der Waals surface area contributed by atoms with Gasteiger partial charge in [0.2, 0.25) is 0 Å². The second-order valence-electron chi connectivity index (χ2n) is 4.43. The van der Waals surface area contributed by atoms with Crippen molar-refractivity contribution in [3.63, 3.8) is 0 Å². The summed E-state index contributed by atoms with van der Waals surface area (Å²) in [7, 11) is 1.57. The van der Waals surface area contributed by atoms with Crippen molar-refractivity contribution < 1.29 is 14.3 Å². The van der Waals surface area contributed by atoms with Crippen LogP contribution in [0.25, 0.3) is 0 Å². The standard InChI is InChI=1S/C17H15NO3/c1-3-12-4-7-16(17(9-12)20-2)21-15-6-5-13(11-19)8-14(15)10-18/h4-9,11H,3H2,1-2H3. The minimum atomic E-state index is 0.307. The maximum Gasteiger partial charge on any atom is 0.169 e. The fourth-order valence-corrected chi connectivity index (χ4v) is 1.93. The molecule has 2 aromatic carbocycles. The van der Waals surface area contributed by atoms with Gasteiger partial charge in [-0.3, -0.25) is 4.79 Å². The van der Waals surface area contributed by atoms with Crippen molar-refractivity contribution in [1.29, 1.82) is 5.26 Å². The van der Waals surface area contributed by atoms with Gasteiger partial charge < -0.3 is 9.47 Å². The van der Waals surface area contributed by atoms with Crippen molar-refractivity contribution in [1.82, 2.24) is 0 Å². The van der Waals surface area contributed by atoms with E-state index in [0.717, 1.165) is 12.0 Å². The Morgan fingerprint density at radius 1 is 1.14 bits per heavy atom.